The number of aryl methyl sites for hydroxylation is 1. The summed E-state index contributed by atoms with van der Waals surface area (Å²) in [7, 11) is 6.26. The highest BCUT2D eigenvalue weighted by atomic mass is 15.1. The largest absolute Gasteiger partial charge is 0.354 e. The highest BCUT2D eigenvalue weighted by Gasteiger charge is 2.00. The molecule has 0 aliphatic heterocycles. The number of likely N-dealkylation sites (N-methyl/N-ethyl adjacent to an activating group) is 2. The lowest BCUT2D eigenvalue weighted by Gasteiger charge is -2.16. The van der Waals surface area contributed by atoms with Gasteiger partial charge in [-0.2, -0.15) is 0 Å². The van der Waals surface area contributed by atoms with Crippen LogP contribution in [0, 0.1) is 0 Å². The fourth-order valence-electron chi connectivity index (χ4n) is 1.48. The van der Waals surface area contributed by atoms with E-state index < -0.39 is 0 Å². The molecule has 0 aliphatic carbocycles. The van der Waals surface area contributed by atoms with Gasteiger partial charge in [0.15, 0.2) is 0 Å². The van der Waals surface area contributed by atoms with Crippen LogP contribution in [0.3, 0.4) is 0 Å². The summed E-state index contributed by atoms with van der Waals surface area (Å²) >= 11 is 0. The average Bonchev–Trinajstić information content (AvgIpc) is 2.58. The Morgan fingerprint density at radius 3 is 2.79 bits per heavy atom. The molecule has 0 aliphatic rings. The van der Waals surface area contributed by atoms with Gasteiger partial charge >= 0.3 is 0 Å². The topological polar surface area (TPSA) is 20.2 Å². The summed E-state index contributed by atoms with van der Waals surface area (Å²) in [5.74, 6) is 0. The molecule has 0 spiro atoms. The molecule has 0 amide bonds. The van der Waals surface area contributed by atoms with Crippen LogP contribution in [0.15, 0.2) is 18.3 Å². The Morgan fingerprint density at radius 2 is 2.21 bits per heavy atom. The van der Waals surface area contributed by atoms with Crippen molar-refractivity contribution >= 4 is 0 Å². The number of hydrogen-bond acceptors (Lipinski definition) is 2. The van der Waals surface area contributed by atoms with Crippen LogP contribution >= 0.6 is 0 Å². The van der Waals surface area contributed by atoms with Crippen LogP contribution < -0.4 is 5.32 Å². The molecule has 0 saturated carbocycles. The minimum Gasteiger partial charge on any atom is -0.354 e. The standard InChI is InChI=1S/C11H21N3/c1-12-7-10-13(2)9-6-11-5-4-8-14(11)3/h4-5,8,12H,6-7,9-10H2,1-3H3. The lowest BCUT2D eigenvalue weighted by atomic mass is 10.3. The van der Waals surface area contributed by atoms with Gasteiger partial charge in [-0.15, -0.1) is 0 Å². The van der Waals surface area contributed by atoms with Crippen molar-refractivity contribution in [2.45, 2.75) is 6.42 Å². The Morgan fingerprint density at radius 1 is 1.43 bits per heavy atom. The zero-order chi connectivity index (χ0) is 10.4. The molecule has 1 heterocycles. The third-order valence-corrected chi connectivity index (χ3v) is 2.54. The van der Waals surface area contributed by atoms with Gasteiger partial charge in [0.05, 0.1) is 0 Å². The van der Waals surface area contributed by atoms with Crippen LogP contribution in [0.25, 0.3) is 0 Å². The van der Waals surface area contributed by atoms with E-state index in [1.54, 1.807) is 0 Å². The number of aromatic nitrogens is 1. The summed E-state index contributed by atoms with van der Waals surface area (Å²) in [6, 6.07) is 4.29. The highest BCUT2D eigenvalue weighted by Crippen LogP contribution is 2.01. The monoisotopic (exact) mass is 195 g/mol. The van der Waals surface area contributed by atoms with Crippen LogP contribution in [0.4, 0.5) is 0 Å². The minimum atomic E-state index is 1.06. The average molecular weight is 195 g/mol. The first kappa shape index (κ1) is 11.3. The van der Waals surface area contributed by atoms with Gasteiger partial charge in [0.25, 0.3) is 0 Å². The molecule has 1 aromatic heterocycles. The van der Waals surface area contributed by atoms with Crippen molar-refractivity contribution in [2.24, 2.45) is 7.05 Å². The van der Waals surface area contributed by atoms with Gasteiger partial charge in [0.2, 0.25) is 0 Å². The molecule has 1 aromatic rings. The first-order chi connectivity index (χ1) is 6.74. The molecule has 0 unspecified atom stereocenters. The molecule has 3 heteroatoms. The zero-order valence-corrected chi connectivity index (χ0v) is 9.45. The van der Waals surface area contributed by atoms with Crippen LogP contribution in [0.1, 0.15) is 5.69 Å². The molecule has 0 aromatic carbocycles. The van der Waals surface area contributed by atoms with Crippen LogP contribution in [-0.2, 0) is 13.5 Å². The number of hydrogen-bond donors (Lipinski definition) is 1. The Balaban J connectivity index is 2.23. The van der Waals surface area contributed by atoms with Crippen LogP contribution in [0.5, 0.6) is 0 Å². The van der Waals surface area contributed by atoms with Gasteiger partial charge in [0, 0.05) is 45.0 Å². The van der Waals surface area contributed by atoms with Gasteiger partial charge in [0.1, 0.15) is 0 Å². The van der Waals surface area contributed by atoms with E-state index in [0.29, 0.717) is 0 Å². The second kappa shape index (κ2) is 5.83. The van der Waals surface area contributed by atoms with Crippen molar-refractivity contribution in [3.05, 3.63) is 24.0 Å². The lowest BCUT2D eigenvalue weighted by molar-refractivity contribution is 0.337. The van der Waals surface area contributed by atoms with Crippen LogP contribution in [0.2, 0.25) is 0 Å². The first-order valence-corrected chi connectivity index (χ1v) is 5.17. The maximum atomic E-state index is 3.16. The molecule has 0 bridgehead atoms. The molecule has 0 saturated heterocycles. The molecule has 1 rings (SSSR count). The van der Waals surface area contributed by atoms with Gasteiger partial charge in [-0.25, -0.2) is 0 Å². The fraction of sp³-hybridized carbons (Fsp3) is 0.636. The second-order valence-electron chi connectivity index (χ2n) is 3.77. The lowest BCUT2D eigenvalue weighted by Crippen LogP contribution is -2.29. The van der Waals surface area contributed by atoms with Gasteiger partial charge in [-0.3, -0.25) is 0 Å². The molecule has 0 atom stereocenters. The van der Waals surface area contributed by atoms with Crippen molar-refractivity contribution in [3.8, 4) is 0 Å². The molecule has 14 heavy (non-hydrogen) atoms. The van der Waals surface area contributed by atoms with E-state index in [1.165, 1.54) is 5.69 Å². The van der Waals surface area contributed by atoms with Crippen molar-refractivity contribution in [3.63, 3.8) is 0 Å². The second-order valence-corrected chi connectivity index (χ2v) is 3.77. The summed E-state index contributed by atoms with van der Waals surface area (Å²) < 4.78 is 2.19. The van der Waals surface area contributed by atoms with E-state index >= 15 is 0 Å². The van der Waals surface area contributed by atoms with E-state index in [4.69, 9.17) is 0 Å². The molecule has 80 valence electrons. The Hall–Kier alpha value is -0.800. The smallest absolute Gasteiger partial charge is 0.0184 e. The minimum absolute atomic E-state index is 1.06. The SMILES string of the molecule is CNCCN(C)CCc1cccn1C. The Bertz CT molecular complexity index is 255. The van der Waals surface area contributed by atoms with E-state index in [1.807, 2.05) is 7.05 Å². The number of nitrogens with one attached hydrogen (secondary N) is 1. The Labute approximate surface area is 86.7 Å². The van der Waals surface area contributed by atoms with Crippen LogP contribution in [-0.4, -0.2) is 43.2 Å². The van der Waals surface area contributed by atoms with Crippen molar-refractivity contribution in [1.82, 2.24) is 14.8 Å². The van der Waals surface area contributed by atoms with E-state index in [0.717, 1.165) is 26.1 Å². The molecular formula is C11H21N3. The van der Waals surface area contributed by atoms with E-state index in [-0.39, 0.29) is 0 Å². The van der Waals surface area contributed by atoms with E-state index in [9.17, 15) is 0 Å². The van der Waals surface area contributed by atoms with Gasteiger partial charge in [-0.1, -0.05) is 0 Å². The first-order valence-electron chi connectivity index (χ1n) is 5.17. The van der Waals surface area contributed by atoms with Gasteiger partial charge in [-0.05, 0) is 26.2 Å². The van der Waals surface area contributed by atoms with Gasteiger partial charge < -0.3 is 14.8 Å². The molecule has 0 fully saturated rings. The number of nitrogens with zero attached hydrogens (tertiary/aromatic N) is 2. The summed E-state index contributed by atoms with van der Waals surface area (Å²) in [5, 5.41) is 3.16. The summed E-state index contributed by atoms with van der Waals surface area (Å²) in [6.07, 6.45) is 3.23. The van der Waals surface area contributed by atoms with E-state index in [2.05, 4.69) is 47.2 Å². The molecule has 1 N–H and O–H groups in total. The van der Waals surface area contributed by atoms with Crippen molar-refractivity contribution in [1.29, 1.82) is 0 Å². The fourth-order valence-corrected chi connectivity index (χ4v) is 1.48. The maximum Gasteiger partial charge on any atom is 0.0184 e. The third kappa shape index (κ3) is 3.52. The Kier molecular flexibility index (Phi) is 4.70. The van der Waals surface area contributed by atoms with Crippen molar-refractivity contribution < 1.29 is 0 Å². The zero-order valence-electron chi connectivity index (χ0n) is 9.45. The number of rotatable bonds is 6. The maximum absolute atomic E-state index is 3.16. The van der Waals surface area contributed by atoms with Crippen molar-refractivity contribution in [2.75, 3.05) is 33.7 Å². The summed E-state index contributed by atoms with van der Waals surface area (Å²) in [4.78, 5) is 2.35. The summed E-state index contributed by atoms with van der Waals surface area (Å²) in [5.41, 5.74) is 1.40. The normalized spacial score (nSPS) is 11.1. The summed E-state index contributed by atoms with van der Waals surface area (Å²) in [6.45, 7) is 3.30. The highest BCUT2D eigenvalue weighted by molar-refractivity contribution is 5.06. The predicted molar refractivity (Wildman–Crippen MR) is 60.5 cm³/mol. The predicted octanol–water partition coefficient (Wildman–Crippen LogP) is 0.719. The molecular weight excluding hydrogens is 174 g/mol. The third-order valence-electron chi connectivity index (χ3n) is 2.54. The molecule has 3 nitrogen and oxygen atoms in total. The quantitative estimate of drug-likeness (QED) is 0.722. The molecule has 0 radical (unpaired) electrons.